The molecule has 0 aromatic heterocycles. The van der Waals surface area contributed by atoms with Crippen LogP contribution in [-0.2, 0) is 4.79 Å². The maximum atomic E-state index is 12.8. The first-order chi connectivity index (χ1) is 16.6. The van der Waals surface area contributed by atoms with Gasteiger partial charge in [0, 0.05) is 35.8 Å². The molecular weight excluding hydrogens is 430 g/mol. The maximum Gasteiger partial charge on any atom is 0.323 e. The van der Waals surface area contributed by atoms with Crippen LogP contribution in [0, 0.1) is 5.92 Å². The Hall–Kier alpha value is -4.33. The van der Waals surface area contributed by atoms with Gasteiger partial charge in [0.2, 0.25) is 5.91 Å². The van der Waals surface area contributed by atoms with Crippen molar-refractivity contribution in [3.63, 3.8) is 0 Å². The molecule has 1 aliphatic rings. The van der Waals surface area contributed by atoms with Crippen LogP contribution in [0.25, 0.3) is 0 Å². The average Bonchev–Trinajstić information content (AvgIpc) is 2.86. The van der Waals surface area contributed by atoms with Crippen molar-refractivity contribution in [3.8, 4) is 0 Å². The Morgan fingerprint density at radius 2 is 1.15 bits per heavy atom. The van der Waals surface area contributed by atoms with Crippen LogP contribution in [0.2, 0.25) is 0 Å². The average molecular weight is 458 g/mol. The number of rotatable bonds is 5. The highest BCUT2D eigenvalue weighted by atomic mass is 16.2. The van der Waals surface area contributed by atoms with Gasteiger partial charge in [-0.25, -0.2) is 9.59 Å². The lowest BCUT2D eigenvalue weighted by Gasteiger charge is -2.32. The van der Waals surface area contributed by atoms with Crippen molar-refractivity contribution in [3.05, 3.63) is 84.9 Å². The summed E-state index contributed by atoms with van der Waals surface area (Å²) in [5.74, 6) is -0.413. The van der Waals surface area contributed by atoms with E-state index in [1.54, 1.807) is 41.3 Å². The van der Waals surface area contributed by atoms with Gasteiger partial charge in [-0.1, -0.05) is 36.4 Å². The van der Waals surface area contributed by atoms with Gasteiger partial charge in [0.25, 0.3) is 0 Å². The highest BCUT2D eigenvalue weighted by molar-refractivity contribution is 6.00. The fourth-order valence-corrected chi connectivity index (χ4v) is 3.80. The van der Waals surface area contributed by atoms with E-state index in [0.29, 0.717) is 30.2 Å². The molecule has 1 fully saturated rings. The summed E-state index contributed by atoms with van der Waals surface area (Å²) in [6, 6.07) is 24.8. The Morgan fingerprint density at radius 1 is 0.647 bits per heavy atom. The lowest BCUT2D eigenvalue weighted by molar-refractivity contribution is -0.121. The lowest BCUT2D eigenvalue weighted by atomic mass is 9.97. The number of carbonyl (C=O) groups is 3. The molecule has 1 unspecified atom stereocenters. The van der Waals surface area contributed by atoms with Crippen molar-refractivity contribution in [1.82, 2.24) is 4.90 Å². The fraction of sp³-hybridized carbons (Fsp3) is 0.192. The smallest absolute Gasteiger partial charge is 0.323 e. The van der Waals surface area contributed by atoms with Crippen molar-refractivity contribution < 1.29 is 14.4 Å². The predicted octanol–water partition coefficient (Wildman–Crippen LogP) is 5.21. The molecule has 8 nitrogen and oxygen atoms in total. The number of benzene rings is 3. The molecule has 1 aliphatic heterocycles. The zero-order chi connectivity index (χ0) is 23.8. The summed E-state index contributed by atoms with van der Waals surface area (Å²) in [4.78, 5) is 39.2. The molecule has 3 aromatic carbocycles. The van der Waals surface area contributed by atoms with Gasteiger partial charge in [-0.3, -0.25) is 4.79 Å². The molecule has 0 spiro atoms. The summed E-state index contributed by atoms with van der Waals surface area (Å²) in [5, 5.41) is 11.3. The summed E-state index contributed by atoms with van der Waals surface area (Å²) in [7, 11) is 0. The van der Waals surface area contributed by atoms with Crippen molar-refractivity contribution in [2.24, 2.45) is 5.92 Å². The molecule has 0 radical (unpaired) electrons. The van der Waals surface area contributed by atoms with E-state index in [0.717, 1.165) is 18.5 Å². The fourth-order valence-electron chi connectivity index (χ4n) is 3.80. The number of hydrogen-bond donors (Lipinski definition) is 4. The van der Waals surface area contributed by atoms with Crippen LogP contribution in [0.5, 0.6) is 0 Å². The SMILES string of the molecule is O=C(Nc1ccccc1)Nc1ccc(NC(=O)C2CCCN(C(=O)Nc3ccccc3)C2)cc1. The summed E-state index contributed by atoms with van der Waals surface area (Å²) >= 11 is 0. The molecule has 1 saturated heterocycles. The van der Waals surface area contributed by atoms with Crippen LogP contribution in [0.4, 0.5) is 32.3 Å². The van der Waals surface area contributed by atoms with E-state index in [9.17, 15) is 14.4 Å². The molecule has 0 bridgehead atoms. The quantitative estimate of drug-likeness (QED) is 0.423. The van der Waals surface area contributed by atoms with E-state index < -0.39 is 0 Å². The van der Waals surface area contributed by atoms with Crippen molar-refractivity contribution in [2.75, 3.05) is 34.4 Å². The minimum absolute atomic E-state index is 0.125. The Morgan fingerprint density at radius 3 is 1.74 bits per heavy atom. The number of hydrogen-bond acceptors (Lipinski definition) is 3. The predicted molar refractivity (Wildman–Crippen MR) is 134 cm³/mol. The highest BCUT2D eigenvalue weighted by Crippen LogP contribution is 2.21. The molecule has 8 heteroatoms. The molecule has 4 N–H and O–H groups in total. The second-order valence-corrected chi connectivity index (χ2v) is 8.09. The normalized spacial score (nSPS) is 15.2. The van der Waals surface area contributed by atoms with Crippen LogP contribution in [0.15, 0.2) is 84.9 Å². The number of likely N-dealkylation sites (tertiary alicyclic amines) is 1. The molecule has 3 aromatic rings. The first-order valence-corrected chi connectivity index (χ1v) is 11.2. The van der Waals surface area contributed by atoms with Gasteiger partial charge in [-0.15, -0.1) is 0 Å². The second-order valence-electron chi connectivity index (χ2n) is 8.09. The van der Waals surface area contributed by atoms with Gasteiger partial charge in [0.15, 0.2) is 0 Å². The van der Waals surface area contributed by atoms with E-state index in [2.05, 4.69) is 21.3 Å². The van der Waals surface area contributed by atoms with Crippen LogP contribution >= 0.6 is 0 Å². The molecule has 34 heavy (non-hydrogen) atoms. The second kappa shape index (κ2) is 11.0. The Labute approximate surface area is 198 Å². The van der Waals surface area contributed by atoms with Gasteiger partial charge in [0.05, 0.1) is 5.92 Å². The summed E-state index contributed by atoms with van der Waals surface area (Å²) in [6.45, 7) is 0.984. The third-order valence-electron chi connectivity index (χ3n) is 5.55. The zero-order valence-corrected chi connectivity index (χ0v) is 18.7. The van der Waals surface area contributed by atoms with Crippen molar-refractivity contribution in [1.29, 1.82) is 0 Å². The minimum Gasteiger partial charge on any atom is -0.326 e. The number of para-hydroxylation sites is 2. The zero-order valence-electron chi connectivity index (χ0n) is 18.7. The molecule has 4 rings (SSSR count). The van der Waals surface area contributed by atoms with Crippen LogP contribution in [-0.4, -0.2) is 36.0 Å². The Balaban J connectivity index is 1.27. The van der Waals surface area contributed by atoms with E-state index >= 15 is 0 Å². The first-order valence-electron chi connectivity index (χ1n) is 11.2. The number of urea groups is 2. The molecule has 5 amide bonds. The van der Waals surface area contributed by atoms with Gasteiger partial charge in [0.1, 0.15) is 0 Å². The van der Waals surface area contributed by atoms with Gasteiger partial charge in [-0.05, 0) is 61.4 Å². The summed E-state index contributed by atoms with van der Waals surface area (Å²) in [6.07, 6.45) is 1.49. The summed E-state index contributed by atoms with van der Waals surface area (Å²) in [5.41, 5.74) is 2.66. The van der Waals surface area contributed by atoms with Crippen molar-refractivity contribution >= 4 is 40.7 Å². The highest BCUT2D eigenvalue weighted by Gasteiger charge is 2.28. The van der Waals surface area contributed by atoms with Crippen LogP contribution in [0.3, 0.4) is 0 Å². The van der Waals surface area contributed by atoms with Gasteiger partial charge >= 0.3 is 12.1 Å². The third kappa shape index (κ3) is 6.35. The number of nitrogens with zero attached hydrogens (tertiary/aromatic N) is 1. The first kappa shape index (κ1) is 22.8. The topological polar surface area (TPSA) is 103 Å². The maximum absolute atomic E-state index is 12.8. The van der Waals surface area contributed by atoms with E-state index in [1.165, 1.54) is 0 Å². The Kier molecular flexibility index (Phi) is 7.39. The number of anilines is 4. The van der Waals surface area contributed by atoms with Crippen LogP contribution in [0.1, 0.15) is 12.8 Å². The molecule has 0 aliphatic carbocycles. The van der Waals surface area contributed by atoms with E-state index in [-0.39, 0.29) is 23.9 Å². The molecular formula is C26H27N5O3. The standard InChI is InChI=1S/C26H27N5O3/c32-24(19-8-7-17-31(18-19)26(34)30-21-11-5-2-6-12-21)27-22-13-15-23(16-14-22)29-25(33)28-20-9-3-1-4-10-20/h1-6,9-16,19H,7-8,17-18H2,(H,27,32)(H,30,34)(H2,28,29,33). The van der Waals surface area contributed by atoms with E-state index in [4.69, 9.17) is 0 Å². The number of carbonyl (C=O) groups excluding carboxylic acids is 3. The number of piperidine rings is 1. The van der Waals surface area contributed by atoms with Gasteiger partial charge in [-0.2, -0.15) is 0 Å². The molecule has 1 heterocycles. The number of amides is 5. The Bertz CT molecular complexity index is 1120. The lowest BCUT2D eigenvalue weighted by Crippen LogP contribution is -2.45. The summed E-state index contributed by atoms with van der Waals surface area (Å²) < 4.78 is 0. The van der Waals surface area contributed by atoms with E-state index in [1.807, 2.05) is 48.5 Å². The number of nitrogens with one attached hydrogen (secondary N) is 4. The monoisotopic (exact) mass is 457 g/mol. The van der Waals surface area contributed by atoms with Crippen molar-refractivity contribution in [2.45, 2.75) is 12.8 Å². The molecule has 0 saturated carbocycles. The molecule has 174 valence electrons. The van der Waals surface area contributed by atoms with Crippen LogP contribution < -0.4 is 21.3 Å². The minimum atomic E-state index is -0.348. The third-order valence-corrected chi connectivity index (χ3v) is 5.55. The van der Waals surface area contributed by atoms with Gasteiger partial charge < -0.3 is 26.2 Å². The largest absolute Gasteiger partial charge is 0.326 e. The molecule has 1 atom stereocenters.